The van der Waals surface area contributed by atoms with Crippen LogP contribution in [0.15, 0.2) is 54.7 Å². The van der Waals surface area contributed by atoms with Gasteiger partial charge in [-0.05, 0) is 38.1 Å². The number of carbonyl (C=O) groups excluding carboxylic acids is 1. The number of amides is 1. The Hall–Kier alpha value is -3.48. The first-order chi connectivity index (χ1) is 13.1. The lowest BCUT2D eigenvalue weighted by Crippen LogP contribution is -2.29. The van der Waals surface area contributed by atoms with Crippen LogP contribution in [0.4, 0.5) is 17.5 Å². The molecule has 0 spiro atoms. The first-order valence-corrected chi connectivity index (χ1v) is 8.72. The van der Waals surface area contributed by atoms with Gasteiger partial charge in [-0.15, -0.1) is 0 Å². The highest BCUT2D eigenvalue weighted by Gasteiger charge is 2.06. The van der Waals surface area contributed by atoms with Crippen LogP contribution in [0, 0.1) is 13.8 Å². The van der Waals surface area contributed by atoms with Gasteiger partial charge in [-0.2, -0.15) is 4.98 Å². The van der Waals surface area contributed by atoms with E-state index in [1.165, 1.54) is 5.56 Å². The number of carbonyl (C=O) groups is 1. The van der Waals surface area contributed by atoms with Gasteiger partial charge in [0.2, 0.25) is 5.95 Å². The van der Waals surface area contributed by atoms with Gasteiger partial charge in [-0.25, -0.2) is 4.98 Å². The molecular formula is C20H22N6O. The summed E-state index contributed by atoms with van der Waals surface area (Å²) in [5.41, 5.74) is 3.41. The van der Waals surface area contributed by atoms with Crippen LogP contribution in [-0.4, -0.2) is 33.9 Å². The van der Waals surface area contributed by atoms with Crippen LogP contribution in [0.5, 0.6) is 0 Å². The fourth-order valence-electron chi connectivity index (χ4n) is 2.43. The Morgan fingerprint density at radius 1 is 1.00 bits per heavy atom. The SMILES string of the molecule is Cc1ccc(Nc2cc(C)nc(NCCNC(=O)c3ccccn3)n2)cc1. The minimum atomic E-state index is -0.204. The van der Waals surface area contributed by atoms with Crippen molar-refractivity contribution < 1.29 is 4.79 Å². The van der Waals surface area contributed by atoms with Gasteiger partial charge in [0.1, 0.15) is 11.5 Å². The van der Waals surface area contributed by atoms with Crippen LogP contribution >= 0.6 is 0 Å². The van der Waals surface area contributed by atoms with E-state index in [1.54, 1.807) is 24.4 Å². The van der Waals surface area contributed by atoms with E-state index in [0.717, 1.165) is 11.4 Å². The molecule has 0 aliphatic rings. The van der Waals surface area contributed by atoms with Crippen LogP contribution < -0.4 is 16.0 Å². The number of nitrogens with zero attached hydrogens (tertiary/aromatic N) is 3. The molecule has 7 heteroatoms. The lowest BCUT2D eigenvalue weighted by atomic mass is 10.2. The third-order valence-electron chi connectivity index (χ3n) is 3.77. The second kappa shape index (κ2) is 8.75. The highest BCUT2D eigenvalue weighted by Crippen LogP contribution is 2.17. The maximum atomic E-state index is 11.9. The number of aromatic nitrogens is 3. The van der Waals surface area contributed by atoms with Crippen LogP contribution in [0.2, 0.25) is 0 Å². The molecule has 0 saturated carbocycles. The van der Waals surface area contributed by atoms with Gasteiger partial charge in [0, 0.05) is 36.7 Å². The zero-order valence-corrected chi connectivity index (χ0v) is 15.4. The van der Waals surface area contributed by atoms with Gasteiger partial charge in [0.15, 0.2) is 0 Å². The van der Waals surface area contributed by atoms with E-state index in [1.807, 2.05) is 44.2 Å². The maximum Gasteiger partial charge on any atom is 0.269 e. The van der Waals surface area contributed by atoms with Crippen molar-refractivity contribution >= 4 is 23.4 Å². The zero-order chi connectivity index (χ0) is 19.1. The van der Waals surface area contributed by atoms with Crippen LogP contribution in [0.25, 0.3) is 0 Å². The summed E-state index contributed by atoms with van der Waals surface area (Å²) >= 11 is 0. The molecule has 3 rings (SSSR count). The van der Waals surface area contributed by atoms with Gasteiger partial charge in [-0.1, -0.05) is 23.8 Å². The third kappa shape index (κ3) is 5.50. The molecule has 0 radical (unpaired) electrons. The summed E-state index contributed by atoms with van der Waals surface area (Å²) in [7, 11) is 0. The molecular weight excluding hydrogens is 340 g/mol. The van der Waals surface area contributed by atoms with Crippen molar-refractivity contribution in [3.8, 4) is 0 Å². The molecule has 138 valence electrons. The molecule has 27 heavy (non-hydrogen) atoms. The topological polar surface area (TPSA) is 91.8 Å². The Kier molecular flexibility index (Phi) is 5.94. The summed E-state index contributed by atoms with van der Waals surface area (Å²) in [5.74, 6) is 1.02. The predicted molar refractivity (Wildman–Crippen MR) is 106 cm³/mol. The summed E-state index contributed by atoms with van der Waals surface area (Å²) in [5, 5.41) is 9.21. The van der Waals surface area contributed by atoms with Crippen molar-refractivity contribution in [2.75, 3.05) is 23.7 Å². The third-order valence-corrected chi connectivity index (χ3v) is 3.77. The second-order valence-corrected chi connectivity index (χ2v) is 6.11. The Morgan fingerprint density at radius 3 is 2.56 bits per heavy atom. The Balaban J connectivity index is 1.53. The van der Waals surface area contributed by atoms with E-state index in [0.29, 0.717) is 30.5 Å². The molecule has 0 unspecified atom stereocenters. The van der Waals surface area contributed by atoms with Crippen molar-refractivity contribution in [2.45, 2.75) is 13.8 Å². The number of pyridine rings is 1. The number of hydrogen-bond acceptors (Lipinski definition) is 6. The predicted octanol–water partition coefficient (Wildman–Crippen LogP) is 3.07. The molecule has 7 nitrogen and oxygen atoms in total. The fourth-order valence-corrected chi connectivity index (χ4v) is 2.43. The van der Waals surface area contributed by atoms with Crippen LogP contribution in [-0.2, 0) is 0 Å². The van der Waals surface area contributed by atoms with Gasteiger partial charge >= 0.3 is 0 Å². The molecule has 2 heterocycles. The summed E-state index contributed by atoms with van der Waals surface area (Å²) in [6.45, 7) is 4.91. The standard InChI is InChI=1S/C20H22N6O/c1-14-6-8-16(9-7-14)25-18-13-15(2)24-20(26-18)23-12-11-22-19(27)17-5-3-4-10-21-17/h3-10,13H,11-12H2,1-2H3,(H,22,27)(H2,23,24,25,26). The van der Waals surface area contributed by atoms with Gasteiger partial charge in [0.05, 0.1) is 0 Å². The molecule has 0 saturated heterocycles. The summed E-state index contributed by atoms with van der Waals surface area (Å²) in [4.78, 5) is 24.8. The highest BCUT2D eigenvalue weighted by molar-refractivity contribution is 5.92. The van der Waals surface area contributed by atoms with Crippen LogP contribution in [0.1, 0.15) is 21.7 Å². The first-order valence-electron chi connectivity index (χ1n) is 8.72. The fraction of sp³-hybridized carbons (Fsp3) is 0.200. The number of aryl methyl sites for hydroxylation is 2. The maximum absolute atomic E-state index is 11.9. The quantitative estimate of drug-likeness (QED) is 0.560. The van der Waals surface area contributed by atoms with Crippen molar-refractivity contribution in [3.63, 3.8) is 0 Å². The molecule has 0 aliphatic carbocycles. The number of rotatable bonds is 7. The molecule has 3 aromatic rings. The van der Waals surface area contributed by atoms with Crippen molar-refractivity contribution in [2.24, 2.45) is 0 Å². The number of benzene rings is 1. The number of anilines is 3. The Labute approximate surface area is 158 Å². The highest BCUT2D eigenvalue weighted by atomic mass is 16.1. The van der Waals surface area contributed by atoms with Crippen LogP contribution in [0.3, 0.4) is 0 Å². The van der Waals surface area contributed by atoms with E-state index in [-0.39, 0.29) is 5.91 Å². The molecule has 3 N–H and O–H groups in total. The summed E-state index contributed by atoms with van der Waals surface area (Å²) in [6, 6.07) is 15.2. The zero-order valence-electron chi connectivity index (χ0n) is 15.4. The van der Waals surface area contributed by atoms with E-state index in [9.17, 15) is 4.79 Å². The van der Waals surface area contributed by atoms with E-state index >= 15 is 0 Å². The van der Waals surface area contributed by atoms with Crippen molar-refractivity contribution in [1.29, 1.82) is 0 Å². The number of nitrogens with one attached hydrogen (secondary N) is 3. The van der Waals surface area contributed by atoms with E-state index < -0.39 is 0 Å². The van der Waals surface area contributed by atoms with E-state index in [2.05, 4.69) is 30.9 Å². The molecule has 0 aliphatic heterocycles. The molecule has 2 aromatic heterocycles. The Bertz CT molecular complexity index is 896. The molecule has 1 aromatic carbocycles. The molecule has 0 fully saturated rings. The number of hydrogen-bond donors (Lipinski definition) is 3. The smallest absolute Gasteiger partial charge is 0.269 e. The minimum Gasteiger partial charge on any atom is -0.352 e. The average molecular weight is 362 g/mol. The molecule has 0 atom stereocenters. The first kappa shape index (κ1) is 18.3. The molecule has 1 amide bonds. The Morgan fingerprint density at radius 2 is 1.81 bits per heavy atom. The van der Waals surface area contributed by atoms with Gasteiger partial charge in [-0.3, -0.25) is 9.78 Å². The summed E-state index contributed by atoms with van der Waals surface area (Å²) < 4.78 is 0. The average Bonchev–Trinajstić information content (AvgIpc) is 2.67. The lowest BCUT2D eigenvalue weighted by Gasteiger charge is -2.10. The monoisotopic (exact) mass is 362 g/mol. The summed E-state index contributed by atoms with van der Waals surface area (Å²) in [6.07, 6.45) is 1.59. The molecule has 0 bridgehead atoms. The lowest BCUT2D eigenvalue weighted by molar-refractivity contribution is 0.0950. The van der Waals surface area contributed by atoms with Gasteiger partial charge in [0.25, 0.3) is 5.91 Å². The van der Waals surface area contributed by atoms with Crippen molar-refractivity contribution in [1.82, 2.24) is 20.3 Å². The largest absolute Gasteiger partial charge is 0.352 e. The van der Waals surface area contributed by atoms with Gasteiger partial charge < -0.3 is 16.0 Å². The second-order valence-electron chi connectivity index (χ2n) is 6.11. The van der Waals surface area contributed by atoms with E-state index in [4.69, 9.17) is 0 Å². The minimum absolute atomic E-state index is 0.204. The normalized spacial score (nSPS) is 10.3. The van der Waals surface area contributed by atoms with Crippen molar-refractivity contribution in [3.05, 3.63) is 71.7 Å².